The summed E-state index contributed by atoms with van der Waals surface area (Å²) in [6.07, 6.45) is 3.76. The van der Waals surface area contributed by atoms with Gasteiger partial charge in [0.1, 0.15) is 0 Å². The maximum absolute atomic E-state index is 12.8. The first kappa shape index (κ1) is 28.4. The molecule has 4 aromatic heterocycles. The van der Waals surface area contributed by atoms with Crippen LogP contribution in [0.15, 0.2) is 11.6 Å². The van der Waals surface area contributed by atoms with E-state index in [0.29, 0.717) is 26.4 Å². The third-order valence-corrected chi connectivity index (χ3v) is 14.7. The molecule has 36 heavy (non-hydrogen) atoms. The highest BCUT2D eigenvalue weighted by Crippen LogP contribution is 2.55. The minimum Gasteiger partial charge on any atom is -0.306 e. The zero-order valence-electron chi connectivity index (χ0n) is 21.1. The Labute approximate surface area is 227 Å². The molecule has 0 aromatic carbocycles. The third-order valence-electron chi connectivity index (χ3n) is 5.34. The van der Waals surface area contributed by atoms with E-state index in [1.165, 1.54) is 39.3 Å². The van der Waals surface area contributed by atoms with Gasteiger partial charge in [-0.1, -0.05) is 0 Å². The van der Waals surface area contributed by atoms with Crippen molar-refractivity contribution in [2.45, 2.75) is 41.5 Å². The largest absolute Gasteiger partial charge is 0.354 e. The summed E-state index contributed by atoms with van der Waals surface area (Å²) in [5, 5.41) is 0. The fourth-order valence-corrected chi connectivity index (χ4v) is 12.4. The molecule has 0 unspecified atom stereocenters. The Bertz CT molecular complexity index is 1400. The van der Waals surface area contributed by atoms with E-state index in [-0.39, 0.29) is 0 Å². The van der Waals surface area contributed by atoms with Gasteiger partial charge in [0.25, 0.3) is 0 Å². The molecule has 6 nitrogen and oxygen atoms in total. The van der Waals surface area contributed by atoms with Crippen molar-refractivity contribution in [2.75, 3.05) is 26.4 Å². The average molecular weight is 605 g/mol. The summed E-state index contributed by atoms with van der Waals surface area (Å²) in [5.41, 5.74) is 2.35. The molecule has 12 heteroatoms. The lowest BCUT2D eigenvalue weighted by Gasteiger charge is -2.12. The number of aryl methyl sites for hydroxylation is 2. The molecule has 0 spiro atoms. The molecule has 0 amide bonds. The molecule has 0 fully saturated rings. The van der Waals surface area contributed by atoms with Crippen molar-refractivity contribution in [3.05, 3.63) is 32.5 Å². The summed E-state index contributed by atoms with van der Waals surface area (Å²) in [6.45, 7) is 12.8. The molecule has 4 rings (SSSR count). The maximum atomic E-state index is 12.8. The van der Waals surface area contributed by atoms with Crippen LogP contribution in [-0.4, -0.2) is 26.4 Å². The number of thiophene rings is 4. The minimum absolute atomic E-state index is 0.331. The van der Waals surface area contributed by atoms with Gasteiger partial charge < -0.3 is 18.1 Å². The standard InChI is InChI=1S/C24H30O6P2S4/c1-7-27-31(25,28-8-2)13-11-17-15(5)19-21(33-17)23-24(35-19)22-20(36-23)16(6)18(34-22)12-14-32(26,29-9-3)30-10-4/h11-14H,7-10H2,1-6H3/b13-11+,14-12+. The van der Waals surface area contributed by atoms with E-state index in [0.717, 1.165) is 9.75 Å². The molecule has 4 heterocycles. The zero-order valence-corrected chi connectivity index (χ0v) is 26.2. The zero-order chi connectivity index (χ0) is 26.1. The molecular formula is C24H30O6P2S4. The van der Waals surface area contributed by atoms with Crippen molar-refractivity contribution in [1.82, 2.24) is 0 Å². The van der Waals surface area contributed by atoms with Crippen molar-refractivity contribution in [3.8, 4) is 0 Å². The van der Waals surface area contributed by atoms with Crippen LogP contribution in [0.25, 0.3) is 40.4 Å². The lowest BCUT2D eigenvalue weighted by atomic mass is 10.2. The summed E-state index contributed by atoms with van der Waals surface area (Å²) >= 11 is 7.02. The van der Waals surface area contributed by atoms with Gasteiger partial charge in [0.15, 0.2) is 0 Å². The van der Waals surface area contributed by atoms with E-state index in [9.17, 15) is 9.13 Å². The molecule has 0 aliphatic heterocycles. The van der Waals surface area contributed by atoms with Gasteiger partial charge in [-0.05, 0) is 64.8 Å². The minimum atomic E-state index is -3.24. The molecule has 4 aromatic rings. The van der Waals surface area contributed by atoms with E-state index in [4.69, 9.17) is 18.1 Å². The van der Waals surface area contributed by atoms with Crippen LogP contribution in [0.4, 0.5) is 0 Å². The molecule has 0 aliphatic rings. The van der Waals surface area contributed by atoms with Gasteiger partial charge in [-0.3, -0.25) is 9.13 Å². The number of hydrogen-bond acceptors (Lipinski definition) is 10. The summed E-state index contributed by atoms with van der Waals surface area (Å²) in [6, 6.07) is 0. The fraction of sp³-hybridized carbons (Fsp3) is 0.417. The van der Waals surface area contributed by atoms with Crippen molar-refractivity contribution in [2.24, 2.45) is 0 Å². The lowest BCUT2D eigenvalue weighted by molar-refractivity contribution is 0.228. The number of hydrogen-bond donors (Lipinski definition) is 0. The van der Waals surface area contributed by atoms with E-state index < -0.39 is 15.2 Å². The van der Waals surface area contributed by atoms with Crippen LogP contribution in [0.5, 0.6) is 0 Å². The van der Waals surface area contributed by atoms with Crippen molar-refractivity contribution in [3.63, 3.8) is 0 Å². The van der Waals surface area contributed by atoms with E-state index in [1.807, 2.05) is 39.8 Å². The van der Waals surface area contributed by atoms with Gasteiger partial charge in [0.2, 0.25) is 0 Å². The Balaban J connectivity index is 1.72. The topological polar surface area (TPSA) is 71.1 Å². The van der Waals surface area contributed by atoms with Gasteiger partial charge in [-0.2, -0.15) is 0 Å². The van der Waals surface area contributed by atoms with E-state index >= 15 is 0 Å². The van der Waals surface area contributed by atoms with E-state index in [1.54, 1.807) is 57.0 Å². The molecule has 0 radical (unpaired) electrons. The smallest absolute Gasteiger partial charge is 0.306 e. The first-order chi connectivity index (χ1) is 17.2. The molecule has 0 saturated carbocycles. The number of rotatable bonds is 12. The highest BCUT2D eigenvalue weighted by atomic mass is 32.1. The van der Waals surface area contributed by atoms with Crippen molar-refractivity contribution < 1.29 is 27.2 Å². The van der Waals surface area contributed by atoms with Crippen LogP contribution in [0, 0.1) is 13.8 Å². The van der Waals surface area contributed by atoms with Crippen LogP contribution < -0.4 is 0 Å². The Morgan fingerprint density at radius 2 is 0.861 bits per heavy atom. The maximum Gasteiger partial charge on any atom is 0.354 e. The predicted octanol–water partition coefficient (Wildman–Crippen LogP) is 10.5. The van der Waals surface area contributed by atoms with Crippen LogP contribution in [0.1, 0.15) is 48.6 Å². The molecule has 0 saturated heterocycles. The summed E-state index contributed by atoms with van der Waals surface area (Å²) in [4.78, 5) is 2.13. The second kappa shape index (κ2) is 11.6. The first-order valence-electron chi connectivity index (χ1n) is 11.7. The predicted molar refractivity (Wildman–Crippen MR) is 160 cm³/mol. The summed E-state index contributed by atoms with van der Waals surface area (Å²) in [5.74, 6) is 3.16. The fourth-order valence-electron chi connectivity index (χ4n) is 3.77. The quantitative estimate of drug-likeness (QED) is 0.150. The van der Waals surface area contributed by atoms with Crippen LogP contribution in [-0.2, 0) is 27.2 Å². The monoisotopic (exact) mass is 604 g/mol. The Morgan fingerprint density at radius 1 is 0.556 bits per heavy atom. The van der Waals surface area contributed by atoms with Crippen LogP contribution in [0.3, 0.4) is 0 Å². The summed E-state index contributed by atoms with van der Waals surface area (Å²) < 4.78 is 54.9. The first-order valence-corrected chi connectivity index (χ1v) is 18.2. The van der Waals surface area contributed by atoms with Crippen molar-refractivity contribution >= 4 is 101 Å². The molecule has 0 aliphatic carbocycles. The third kappa shape index (κ3) is 5.55. The SMILES string of the molecule is CCOP(=O)(/C=C/c1sc2c(sc3c4sc(/C=C/P(=O)(OCC)OCC)c(C)c4sc23)c1C)OCC. The Hall–Kier alpha value is -0.640. The van der Waals surface area contributed by atoms with Gasteiger partial charge >= 0.3 is 15.2 Å². The summed E-state index contributed by atoms with van der Waals surface area (Å²) in [7, 11) is -6.48. The highest BCUT2D eigenvalue weighted by molar-refractivity contribution is 7.57. The number of fused-ring (bicyclic) bond motifs is 5. The molecule has 0 N–H and O–H groups in total. The molecule has 0 atom stereocenters. The van der Waals surface area contributed by atoms with E-state index in [2.05, 4.69) is 13.8 Å². The Morgan fingerprint density at radius 3 is 1.17 bits per heavy atom. The molecule has 0 bridgehead atoms. The van der Waals surface area contributed by atoms with Crippen LogP contribution in [0.2, 0.25) is 0 Å². The van der Waals surface area contributed by atoms with Gasteiger partial charge in [-0.25, -0.2) is 0 Å². The van der Waals surface area contributed by atoms with Gasteiger partial charge in [0, 0.05) is 21.4 Å². The normalized spacial score (nSPS) is 13.6. The lowest BCUT2D eigenvalue weighted by Crippen LogP contribution is -1.92. The van der Waals surface area contributed by atoms with Gasteiger partial charge in [-0.15, -0.1) is 45.3 Å². The second-order valence-corrected chi connectivity index (χ2v) is 15.7. The average Bonchev–Trinajstić information content (AvgIpc) is 3.52. The molecule has 196 valence electrons. The van der Waals surface area contributed by atoms with Crippen LogP contribution >= 0.6 is 60.5 Å². The Kier molecular flexibility index (Phi) is 9.16. The van der Waals surface area contributed by atoms with Gasteiger partial charge in [0.05, 0.1) is 54.6 Å². The second-order valence-electron chi connectivity index (χ2n) is 7.74. The molecular weight excluding hydrogens is 574 g/mol. The highest BCUT2D eigenvalue weighted by Gasteiger charge is 2.24. The van der Waals surface area contributed by atoms with Crippen molar-refractivity contribution in [1.29, 1.82) is 0 Å².